The summed E-state index contributed by atoms with van der Waals surface area (Å²) in [4.78, 5) is 0. The Morgan fingerprint density at radius 1 is 1.16 bits per heavy atom. The van der Waals surface area contributed by atoms with Crippen molar-refractivity contribution >= 4 is 0 Å². The molecule has 0 saturated heterocycles. The molecule has 2 N–H and O–H groups in total. The van der Waals surface area contributed by atoms with Gasteiger partial charge in [0, 0.05) is 18.7 Å². The van der Waals surface area contributed by atoms with Crippen LogP contribution in [0, 0.1) is 5.92 Å². The van der Waals surface area contributed by atoms with Crippen molar-refractivity contribution in [1.29, 1.82) is 0 Å². The van der Waals surface area contributed by atoms with Gasteiger partial charge in [0.1, 0.15) is 0 Å². The second-order valence-corrected chi connectivity index (χ2v) is 6.16. The summed E-state index contributed by atoms with van der Waals surface area (Å²) >= 11 is 0. The Hall–Kier alpha value is -0.860. The Balaban J connectivity index is 2.53. The van der Waals surface area contributed by atoms with Gasteiger partial charge in [-0.05, 0) is 43.2 Å². The van der Waals surface area contributed by atoms with E-state index < -0.39 is 0 Å². The van der Waals surface area contributed by atoms with E-state index >= 15 is 0 Å². The predicted molar refractivity (Wildman–Crippen MR) is 82.2 cm³/mol. The molecule has 0 heterocycles. The average Bonchev–Trinajstić information content (AvgIpc) is 2.38. The van der Waals surface area contributed by atoms with Crippen LogP contribution in [0.25, 0.3) is 0 Å². The van der Waals surface area contributed by atoms with Crippen LogP contribution in [0.4, 0.5) is 0 Å². The average molecular weight is 263 g/mol. The largest absolute Gasteiger partial charge is 0.396 e. The third kappa shape index (κ3) is 5.75. The SMILES string of the molecule is CCC(C)(CCO)NCc1ccc(CC(C)C)cc1. The van der Waals surface area contributed by atoms with Crippen LogP contribution < -0.4 is 5.32 Å². The standard InChI is InChI=1S/C17H29NO/c1-5-17(4,10-11-19)18-13-16-8-6-15(7-9-16)12-14(2)3/h6-9,14,18-19H,5,10-13H2,1-4H3. The summed E-state index contributed by atoms with van der Waals surface area (Å²) in [5, 5.41) is 12.7. The molecule has 19 heavy (non-hydrogen) atoms. The smallest absolute Gasteiger partial charge is 0.0448 e. The molecule has 0 fully saturated rings. The van der Waals surface area contributed by atoms with Gasteiger partial charge in [-0.25, -0.2) is 0 Å². The quantitative estimate of drug-likeness (QED) is 0.752. The Bertz CT molecular complexity index is 358. The maximum Gasteiger partial charge on any atom is 0.0448 e. The minimum Gasteiger partial charge on any atom is -0.396 e. The lowest BCUT2D eigenvalue weighted by molar-refractivity contribution is 0.214. The van der Waals surface area contributed by atoms with Crippen LogP contribution in [0.1, 0.15) is 51.7 Å². The molecule has 0 amide bonds. The van der Waals surface area contributed by atoms with E-state index in [1.54, 1.807) is 0 Å². The molecule has 1 unspecified atom stereocenters. The maximum atomic E-state index is 9.11. The zero-order valence-corrected chi connectivity index (χ0v) is 12.9. The molecule has 1 aromatic rings. The second-order valence-electron chi connectivity index (χ2n) is 6.16. The summed E-state index contributed by atoms with van der Waals surface area (Å²) in [6.45, 7) is 9.94. The molecule has 108 valence electrons. The first kappa shape index (κ1) is 16.2. The van der Waals surface area contributed by atoms with Crippen LogP contribution in [0.2, 0.25) is 0 Å². The number of hydrogen-bond acceptors (Lipinski definition) is 2. The number of hydrogen-bond donors (Lipinski definition) is 2. The second kappa shape index (κ2) is 7.66. The van der Waals surface area contributed by atoms with Crippen LogP contribution in [0.5, 0.6) is 0 Å². The number of aliphatic hydroxyl groups is 1. The fourth-order valence-corrected chi connectivity index (χ4v) is 2.22. The monoisotopic (exact) mass is 263 g/mol. The van der Waals surface area contributed by atoms with E-state index in [-0.39, 0.29) is 12.1 Å². The third-order valence-corrected chi connectivity index (χ3v) is 3.83. The van der Waals surface area contributed by atoms with Crippen LogP contribution >= 0.6 is 0 Å². The molecule has 0 aliphatic heterocycles. The Labute approximate surface area is 118 Å². The molecule has 1 rings (SSSR count). The maximum absolute atomic E-state index is 9.11. The molecule has 0 aliphatic rings. The van der Waals surface area contributed by atoms with Crippen molar-refractivity contribution in [2.45, 2.75) is 59.0 Å². The van der Waals surface area contributed by atoms with Crippen molar-refractivity contribution in [3.63, 3.8) is 0 Å². The van der Waals surface area contributed by atoms with Gasteiger partial charge >= 0.3 is 0 Å². The van der Waals surface area contributed by atoms with Gasteiger partial charge in [0.05, 0.1) is 0 Å². The van der Waals surface area contributed by atoms with Crippen molar-refractivity contribution in [2.24, 2.45) is 5.92 Å². The number of benzene rings is 1. The van der Waals surface area contributed by atoms with Gasteiger partial charge in [0.2, 0.25) is 0 Å². The van der Waals surface area contributed by atoms with Crippen molar-refractivity contribution in [3.8, 4) is 0 Å². The lowest BCUT2D eigenvalue weighted by Gasteiger charge is -2.29. The van der Waals surface area contributed by atoms with E-state index in [1.165, 1.54) is 11.1 Å². The van der Waals surface area contributed by atoms with Gasteiger partial charge in [-0.2, -0.15) is 0 Å². The Morgan fingerprint density at radius 2 is 1.74 bits per heavy atom. The normalized spacial score (nSPS) is 14.6. The van der Waals surface area contributed by atoms with E-state index in [9.17, 15) is 0 Å². The molecular weight excluding hydrogens is 234 g/mol. The highest BCUT2D eigenvalue weighted by Gasteiger charge is 2.19. The first-order valence-electron chi connectivity index (χ1n) is 7.43. The molecule has 0 radical (unpaired) electrons. The third-order valence-electron chi connectivity index (χ3n) is 3.83. The van der Waals surface area contributed by atoms with Crippen molar-refractivity contribution in [2.75, 3.05) is 6.61 Å². The van der Waals surface area contributed by atoms with Crippen molar-refractivity contribution < 1.29 is 5.11 Å². The lowest BCUT2D eigenvalue weighted by Crippen LogP contribution is -2.42. The molecule has 2 heteroatoms. The van der Waals surface area contributed by atoms with Gasteiger partial charge in [-0.15, -0.1) is 0 Å². The highest BCUT2D eigenvalue weighted by molar-refractivity contribution is 5.23. The highest BCUT2D eigenvalue weighted by Crippen LogP contribution is 2.15. The molecule has 0 aliphatic carbocycles. The van der Waals surface area contributed by atoms with Gasteiger partial charge in [-0.3, -0.25) is 0 Å². The molecule has 0 spiro atoms. The van der Waals surface area contributed by atoms with Gasteiger partial charge in [-0.1, -0.05) is 45.0 Å². The van der Waals surface area contributed by atoms with Gasteiger partial charge < -0.3 is 10.4 Å². The van der Waals surface area contributed by atoms with Gasteiger partial charge in [0.15, 0.2) is 0 Å². The molecule has 1 aromatic carbocycles. The summed E-state index contributed by atoms with van der Waals surface area (Å²) in [5.41, 5.74) is 2.75. The minimum absolute atomic E-state index is 0.0331. The molecule has 0 bridgehead atoms. The first-order chi connectivity index (χ1) is 8.99. The molecule has 1 atom stereocenters. The van der Waals surface area contributed by atoms with E-state index in [2.05, 4.69) is 57.3 Å². The summed E-state index contributed by atoms with van der Waals surface area (Å²) in [6.07, 6.45) is 2.97. The van der Waals surface area contributed by atoms with Crippen LogP contribution in [-0.2, 0) is 13.0 Å². The van der Waals surface area contributed by atoms with Crippen molar-refractivity contribution in [3.05, 3.63) is 35.4 Å². The summed E-state index contributed by atoms with van der Waals surface area (Å²) in [6, 6.07) is 8.87. The fraction of sp³-hybridized carbons (Fsp3) is 0.647. The van der Waals surface area contributed by atoms with E-state index in [0.29, 0.717) is 5.92 Å². The molecule has 2 nitrogen and oxygen atoms in total. The first-order valence-corrected chi connectivity index (χ1v) is 7.43. The topological polar surface area (TPSA) is 32.3 Å². The van der Waals surface area contributed by atoms with Crippen LogP contribution in [-0.4, -0.2) is 17.3 Å². The van der Waals surface area contributed by atoms with E-state index in [0.717, 1.165) is 25.8 Å². The summed E-state index contributed by atoms with van der Waals surface area (Å²) in [5.74, 6) is 0.705. The van der Waals surface area contributed by atoms with Crippen LogP contribution in [0.3, 0.4) is 0 Å². The number of rotatable bonds is 8. The summed E-state index contributed by atoms with van der Waals surface area (Å²) in [7, 11) is 0. The fourth-order valence-electron chi connectivity index (χ4n) is 2.22. The Kier molecular flexibility index (Phi) is 6.53. The number of aliphatic hydroxyl groups excluding tert-OH is 1. The molecular formula is C17H29NO. The molecule has 0 aromatic heterocycles. The zero-order chi connectivity index (χ0) is 14.3. The Morgan fingerprint density at radius 3 is 2.21 bits per heavy atom. The van der Waals surface area contributed by atoms with E-state index in [4.69, 9.17) is 5.11 Å². The van der Waals surface area contributed by atoms with Crippen molar-refractivity contribution in [1.82, 2.24) is 5.32 Å². The highest BCUT2D eigenvalue weighted by atomic mass is 16.3. The van der Waals surface area contributed by atoms with E-state index in [1.807, 2.05) is 0 Å². The molecule has 0 saturated carbocycles. The predicted octanol–water partition coefficient (Wildman–Crippen LogP) is 3.53. The summed E-state index contributed by atoms with van der Waals surface area (Å²) < 4.78 is 0. The number of nitrogens with one attached hydrogen (secondary N) is 1. The van der Waals surface area contributed by atoms with Gasteiger partial charge in [0.25, 0.3) is 0 Å². The van der Waals surface area contributed by atoms with Crippen LogP contribution in [0.15, 0.2) is 24.3 Å². The minimum atomic E-state index is 0.0331. The lowest BCUT2D eigenvalue weighted by atomic mass is 9.94. The zero-order valence-electron chi connectivity index (χ0n) is 12.9.